The minimum absolute atomic E-state index is 0.0126. The summed E-state index contributed by atoms with van der Waals surface area (Å²) in [5.41, 5.74) is 1.52. The van der Waals surface area contributed by atoms with E-state index < -0.39 is 9.84 Å². The van der Waals surface area contributed by atoms with Crippen LogP contribution >= 0.6 is 0 Å². The Morgan fingerprint density at radius 2 is 1.96 bits per heavy atom. The zero-order valence-electron chi connectivity index (χ0n) is 15.0. The molecule has 0 heterocycles. The number of aliphatic imine (C=N–C) groups is 1. The minimum atomic E-state index is -3.28. The van der Waals surface area contributed by atoms with Gasteiger partial charge in [-0.3, -0.25) is 4.99 Å². The maximum Gasteiger partial charge on any atom is 0.191 e. The lowest BCUT2D eigenvalue weighted by atomic mass is 9.97. The van der Waals surface area contributed by atoms with Gasteiger partial charge in [0.15, 0.2) is 15.8 Å². The van der Waals surface area contributed by atoms with Crippen molar-refractivity contribution in [3.8, 4) is 0 Å². The summed E-state index contributed by atoms with van der Waals surface area (Å²) in [7, 11) is -3.28. The molecule has 0 aromatic heterocycles. The Bertz CT molecular complexity index is 682. The molecule has 25 heavy (non-hydrogen) atoms. The molecular formula is C19H29N3O2S. The van der Waals surface area contributed by atoms with E-state index in [-0.39, 0.29) is 12.3 Å². The Labute approximate surface area is 151 Å². The summed E-state index contributed by atoms with van der Waals surface area (Å²) in [6, 6.07) is 8.54. The van der Waals surface area contributed by atoms with Crippen molar-refractivity contribution in [1.29, 1.82) is 0 Å². The molecule has 0 bridgehead atoms. The molecule has 6 heteroatoms. The molecule has 0 amide bonds. The fraction of sp³-hybridized carbons (Fsp3) is 0.526. The Balaban J connectivity index is 1.83. The van der Waals surface area contributed by atoms with Crippen molar-refractivity contribution < 1.29 is 8.42 Å². The van der Waals surface area contributed by atoms with Crippen LogP contribution in [0.4, 0.5) is 0 Å². The number of hydrogen-bond donors (Lipinski definition) is 2. The first-order valence-corrected chi connectivity index (χ1v) is 10.7. The Hall–Kier alpha value is -1.82. The van der Waals surface area contributed by atoms with Gasteiger partial charge in [0.2, 0.25) is 0 Å². The van der Waals surface area contributed by atoms with Crippen molar-refractivity contribution >= 4 is 15.8 Å². The lowest BCUT2D eigenvalue weighted by molar-refractivity contribution is 0.596. The van der Waals surface area contributed by atoms with E-state index in [1.807, 2.05) is 13.0 Å². The molecule has 2 N–H and O–H groups in total. The van der Waals surface area contributed by atoms with Crippen molar-refractivity contribution in [3.05, 3.63) is 42.0 Å². The molecule has 0 spiro atoms. The highest BCUT2D eigenvalue weighted by Crippen LogP contribution is 2.19. The van der Waals surface area contributed by atoms with Gasteiger partial charge in [-0.25, -0.2) is 8.42 Å². The maximum absolute atomic E-state index is 12.3. The Morgan fingerprint density at radius 3 is 2.64 bits per heavy atom. The molecule has 1 aliphatic rings. The number of benzene rings is 1. The molecule has 0 aliphatic heterocycles. The first-order chi connectivity index (χ1) is 12.1. The number of guanidine groups is 1. The van der Waals surface area contributed by atoms with Crippen LogP contribution in [0.1, 0.15) is 39.0 Å². The van der Waals surface area contributed by atoms with Crippen LogP contribution in [-0.4, -0.2) is 39.8 Å². The highest BCUT2D eigenvalue weighted by Gasteiger charge is 2.13. The molecule has 1 aromatic carbocycles. The fourth-order valence-corrected chi connectivity index (χ4v) is 3.98. The molecule has 0 atom stereocenters. The third-order valence-corrected chi connectivity index (χ3v) is 5.91. The van der Waals surface area contributed by atoms with Crippen LogP contribution in [0.15, 0.2) is 51.9 Å². The zero-order valence-corrected chi connectivity index (χ0v) is 15.8. The van der Waals surface area contributed by atoms with Gasteiger partial charge in [0, 0.05) is 13.1 Å². The molecule has 1 aliphatic carbocycles. The van der Waals surface area contributed by atoms with Gasteiger partial charge in [-0.1, -0.05) is 29.8 Å². The van der Waals surface area contributed by atoms with Crippen molar-refractivity contribution in [3.63, 3.8) is 0 Å². The van der Waals surface area contributed by atoms with E-state index in [1.54, 1.807) is 24.3 Å². The highest BCUT2D eigenvalue weighted by atomic mass is 32.2. The van der Waals surface area contributed by atoms with Crippen molar-refractivity contribution in [2.45, 2.75) is 43.9 Å². The Morgan fingerprint density at radius 1 is 1.16 bits per heavy atom. The summed E-state index contributed by atoms with van der Waals surface area (Å²) in [4.78, 5) is 4.76. The number of hydrogen-bond acceptors (Lipinski definition) is 3. The summed E-state index contributed by atoms with van der Waals surface area (Å²) in [5.74, 6) is 0.695. The van der Waals surface area contributed by atoms with Crippen LogP contribution in [0.5, 0.6) is 0 Å². The second-order valence-electron chi connectivity index (χ2n) is 6.18. The fourth-order valence-electron chi connectivity index (χ4n) is 2.84. The average molecular weight is 364 g/mol. The first-order valence-electron chi connectivity index (χ1n) is 9.09. The minimum Gasteiger partial charge on any atom is -0.357 e. The maximum atomic E-state index is 12.3. The molecule has 2 rings (SSSR count). The van der Waals surface area contributed by atoms with Crippen LogP contribution in [0.2, 0.25) is 0 Å². The predicted molar refractivity (Wildman–Crippen MR) is 104 cm³/mol. The summed E-state index contributed by atoms with van der Waals surface area (Å²) >= 11 is 0. The van der Waals surface area contributed by atoms with Gasteiger partial charge in [0.05, 0.1) is 17.2 Å². The standard InChI is InChI=1S/C19H29N3O2S/c1-2-20-19(21-14-13-17-9-5-3-6-10-17)22-15-16-25(23,24)18-11-7-4-8-12-18/h4,7-9,11-12H,2-3,5-6,10,13-16H2,1H3,(H2,20,21,22). The number of nitrogens with one attached hydrogen (secondary N) is 2. The summed E-state index contributed by atoms with van der Waals surface area (Å²) in [5, 5.41) is 6.47. The molecule has 5 nitrogen and oxygen atoms in total. The van der Waals surface area contributed by atoms with Gasteiger partial charge >= 0.3 is 0 Å². The van der Waals surface area contributed by atoms with Crippen LogP contribution in [0, 0.1) is 0 Å². The SMILES string of the molecule is CCNC(=NCCS(=O)(=O)c1ccccc1)NCCC1=CCCCC1. The normalized spacial score (nSPS) is 15.6. The highest BCUT2D eigenvalue weighted by molar-refractivity contribution is 7.91. The molecule has 0 saturated carbocycles. The second kappa shape index (κ2) is 10.2. The third-order valence-electron chi connectivity index (χ3n) is 4.20. The van der Waals surface area contributed by atoms with E-state index in [1.165, 1.54) is 31.3 Å². The zero-order chi connectivity index (χ0) is 18.0. The van der Waals surface area contributed by atoms with E-state index in [0.29, 0.717) is 10.9 Å². The van der Waals surface area contributed by atoms with Crippen molar-refractivity contribution in [1.82, 2.24) is 10.6 Å². The predicted octanol–water partition coefficient (Wildman–Crippen LogP) is 2.91. The molecule has 0 saturated heterocycles. The van der Waals surface area contributed by atoms with Gasteiger partial charge in [0.1, 0.15) is 0 Å². The van der Waals surface area contributed by atoms with Crippen molar-refractivity contribution in [2.24, 2.45) is 4.99 Å². The number of allylic oxidation sites excluding steroid dienone is 1. The molecule has 0 radical (unpaired) electrons. The van der Waals surface area contributed by atoms with Crippen LogP contribution in [-0.2, 0) is 9.84 Å². The topological polar surface area (TPSA) is 70.6 Å². The molecule has 0 unspecified atom stereocenters. The smallest absolute Gasteiger partial charge is 0.191 e. The van der Waals surface area contributed by atoms with Gasteiger partial charge in [0.25, 0.3) is 0 Å². The number of sulfone groups is 1. The molecular weight excluding hydrogens is 334 g/mol. The van der Waals surface area contributed by atoms with Gasteiger partial charge in [-0.2, -0.15) is 0 Å². The molecule has 1 aromatic rings. The quantitative estimate of drug-likeness (QED) is 0.423. The summed E-state index contributed by atoms with van der Waals surface area (Å²) in [6.45, 7) is 3.82. The van der Waals surface area contributed by atoms with Gasteiger partial charge in [-0.15, -0.1) is 0 Å². The third kappa shape index (κ3) is 6.90. The van der Waals surface area contributed by atoms with Gasteiger partial charge < -0.3 is 10.6 Å². The largest absolute Gasteiger partial charge is 0.357 e. The van der Waals surface area contributed by atoms with Gasteiger partial charge in [-0.05, 0) is 51.2 Å². The number of rotatable bonds is 8. The van der Waals surface area contributed by atoms with Crippen LogP contribution in [0.25, 0.3) is 0 Å². The van der Waals surface area contributed by atoms with E-state index >= 15 is 0 Å². The van der Waals surface area contributed by atoms with E-state index in [9.17, 15) is 8.42 Å². The molecule has 0 fully saturated rings. The number of nitrogens with zero attached hydrogens (tertiary/aromatic N) is 1. The lowest BCUT2D eigenvalue weighted by Crippen LogP contribution is -2.38. The lowest BCUT2D eigenvalue weighted by Gasteiger charge is -2.15. The Kier molecular flexibility index (Phi) is 7.98. The van der Waals surface area contributed by atoms with E-state index in [2.05, 4.69) is 21.7 Å². The first kappa shape index (κ1) is 19.5. The molecule has 138 valence electrons. The van der Waals surface area contributed by atoms with E-state index in [0.717, 1.165) is 19.5 Å². The summed E-state index contributed by atoms with van der Waals surface area (Å²) < 4.78 is 24.5. The monoisotopic (exact) mass is 363 g/mol. The van der Waals surface area contributed by atoms with E-state index in [4.69, 9.17) is 0 Å². The van der Waals surface area contributed by atoms with Crippen LogP contribution in [0.3, 0.4) is 0 Å². The second-order valence-corrected chi connectivity index (χ2v) is 8.29. The summed E-state index contributed by atoms with van der Waals surface area (Å²) in [6.07, 6.45) is 8.36. The van der Waals surface area contributed by atoms with Crippen molar-refractivity contribution in [2.75, 3.05) is 25.4 Å². The average Bonchev–Trinajstić information content (AvgIpc) is 2.63. The van der Waals surface area contributed by atoms with Crippen LogP contribution < -0.4 is 10.6 Å².